The minimum absolute atomic E-state index is 0.186. The van der Waals surface area contributed by atoms with E-state index < -0.39 is 29.1 Å². The SMILES string of the molecule is C[C@@H]1CC2(C[C@H](C)O1)[C@@H](C#N)C(=O)NC(=O)[C@@H]2C#N. The van der Waals surface area contributed by atoms with Crippen molar-refractivity contribution in [1.29, 1.82) is 10.5 Å². The molecule has 0 unspecified atom stereocenters. The van der Waals surface area contributed by atoms with Gasteiger partial charge in [0.25, 0.3) is 0 Å². The van der Waals surface area contributed by atoms with Gasteiger partial charge in [-0.15, -0.1) is 0 Å². The van der Waals surface area contributed by atoms with Crippen molar-refractivity contribution >= 4 is 11.8 Å². The van der Waals surface area contributed by atoms with E-state index in [9.17, 15) is 20.1 Å². The van der Waals surface area contributed by atoms with Crippen molar-refractivity contribution in [3.63, 3.8) is 0 Å². The zero-order valence-electron chi connectivity index (χ0n) is 10.8. The van der Waals surface area contributed by atoms with Crippen molar-refractivity contribution < 1.29 is 14.3 Å². The van der Waals surface area contributed by atoms with E-state index in [4.69, 9.17) is 4.74 Å². The average molecular weight is 261 g/mol. The Kier molecular flexibility index (Phi) is 3.30. The number of carbonyl (C=O) groups is 2. The van der Waals surface area contributed by atoms with Crippen LogP contribution >= 0.6 is 0 Å². The Morgan fingerprint density at radius 2 is 1.53 bits per heavy atom. The molecule has 1 spiro atoms. The van der Waals surface area contributed by atoms with Crippen LogP contribution in [0.15, 0.2) is 0 Å². The van der Waals surface area contributed by atoms with Gasteiger partial charge in [-0.25, -0.2) is 0 Å². The number of hydrogen-bond acceptors (Lipinski definition) is 5. The number of ether oxygens (including phenoxy) is 1. The van der Waals surface area contributed by atoms with Gasteiger partial charge in [0.15, 0.2) is 0 Å². The number of nitrogens with zero attached hydrogens (tertiary/aromatic N) is 2. The Balaban J connectivity index is 2.51. The highest BCUT2D eigenvalue weighted by Crippen LogP contribution is 2.50. The topological polar surface area (TPSA) is 103 Å². The summed E-state index contributed by atoms with van der Waals surface area (Å²) in [5.41, 5.74) is -0.931. The van der Waals surface area contributed by atoms with E-state index in [0.29, 0.717) is 12.8 Å². The molecule has 0 bridgehead atoms. The second-order valence-electron chi connectivity index (χ2n) is 5.38. The maximum absolute atomic E-state index is 11.9. The van der Waals surface area contributed by atoms with Gasteiger partial charge in [-0.05, 0) is 26.7 Å². The molecule has 0 aromatic carbocycles. The van der Waals surface area contributed by atoms with E-state index in [1.54, 1.807) is 0 Å². The molecule has 2 aliphatic heterocycles. The lowest BCUT2D eigenvalue weighted by Gasteiger charge is -2.48. The van der Waals surface area contributed by atoms with Crippen LogP contribution < -0.4 is 5.32 Å². The summed E-state index contributed by atoms with van der Waals surface area (Å²) in [6, 6.07) is 3.94. The quantitative estimate of drug-likeness (QED) is 0.639. The third-order valence-corrected chi connectivity index (χ3v) is 3.98. The molecule has 2 rings (SSSR count). The van der Waals surface area contributed by atoms with Crippen molar-refractivity contribution in [2.45, 2.75) is 38.9 Å². The molecule has 0 aliphatic carbocycles. The Bertz CT molecular complexity index is 458. The molecule has 2 heterocycles. The number of rotatable bonds is 0. The highest BCUT2D eigenvalue weighted by Gasteiger charge is 2.58. The highest BCUT2D eigenvalue weighted by atomic mass is 16.5. The van der Waals surface area contributed by atoms with E-state index >= 15 is 0 Å². The molecule has 2 fully saturated rings. The second kappa shape index (κ2) is 4.64. The van der Waals surface area contributed by atoms with Crippen LogP contribution in [-0.4, -0.2) is 24.0 Å². The van der Waals surface area contributed by atoms with Gasteiger partial charge >= 0.3 is 0 Å². The standard InChI is InChI=1S/C13H15N3O3/c1-7-3-13(4-8(2)19-7)9(5-14)11(17)16-12(18)10(13)6-15/h7-10H,3-4H2,1-2H3,(H,16,17,18)/t7-,8+,9-,10-/m0/s1. The predicted molar refractivity (Wildman–Crippen MR) is 63.0 cm³/mol. The van der Waals surface area contributed by atoms with Crippen molar-refractivity contribution in [3.05, 3.63) is 0 Å². The summed E-state index contributed by atoms with van der Waals surface area (Å²) in [6.07, 6.45) is 0.364. The molecule has 4 atom stereocenters. The summed E-state index contributed by atoms with van der Waals surface area (Å²) in [5, 5.41) is 20.7. The Morgan fingerprint density at radius 3 is 1.89 bits per heavy atom. The van der Waals surface area contributed by atoms with Crippen LogP contribution in [0.2, 0.25) is 0 Å². The molecule has 6 heteroatoms. The first-order chi connectivity index (χ1) is 8.94. The fraction of sp³-hybridized carbons (Fsp3) is 0.692. The monoisotopic (exact) mass is 261 g/mol. The summed E-state index contributed by atoms with van der Waals surface area (Å²) in [6.45, 7) is 3.66. The van der Waals surface area contributed by atoms with Gasteiger partial charge in [0.2, 0.25) is 11.8 Å². The lowest BCUT2D eigenvalue weighted by Crippen LogP contribution is -2.60. The number of imide groups is 1. The molecule has 1 N–H and O–H groups in total. The molecule has 100 valence electrons. The first kappa shape index (κ1) is 13.5. The van der Waals surface area contributed by atoms with E-state index in [1.807, 2.05) is 26.0 Å². The van der Waals surface area contributed by atoms with Gasteiger partial charge in [0, 0.05) is 5.41 Å². The first-order valence-corrected chi connectivity index (χ1v) is 6.24. The maximum Gasteiger partial charge on any atom is 0.244 e. The Labute approximate surface area is 111 Å². The van der Waals surface area contributed by atoms with Crippen LogP contribution in [0.5, 0.6) is 0 Å². The lowest BCUT2D eigenvalue weighted by molar-refractivity contribution is -0.160. The molecule has 6 nitrogen and oxygen atoms in total. The number of hydrogen-bond donors (Lipinski definition) is 1. The van der Waals surface area contributed by atoms with Crippen LogP contribution in [0.1, 0.15) is 26.7 Å². The van der Waals surface area contributed by atoms with Gasteiger partial charge < -0.3 is 4.74 Å². The normalized spacial score (nSPS) is 37.3. The van der Waals surface area contributed by atoms with Crippen LogP contribution in [0.25, 0.3) is 0 Å². The zero-order valence-corrected chi connectivity index (χ0v) is 10.8. The fourth-order valence-electron chi connectivity index (χ4n) is 3.45. The molecule has 0 saturated carbocycles. The van der Waals surface area contributed by atoms with Crippen LogP contribution in [0.4, 0.5) is 0 Å². The molecule has 2 aliphatic rings. The largest absolute Gasteiger partial charge is 0.376 e. The third kappa shape index (κ3) is 1.98. The lowest BCUT2D eigenvalue weighted by atomic mass is 9.58. The number of nitrogens with one attached hydrogen (secondary N) is 1. The maximum atomic E-state index is 11.9. The summed E-state index contributed by atoms with van der Waals surface area (Å²) >= 11 is 0. The summed E-state index contributed by atoms with van der Waals surface area (Å²) in [5.74, 6) is -3.16. The summed E-state index contributed by atoms with van der Waals surface area (Å²) in [7, 11) is 0. The summed E-state index contributed by atoms with van der Waals surface area (Å²) in [4.78, 5) is 23.8. The Morgan fingerprint density at radius 1 is 1.11 bits per heavy atom. The number of amides is 2. The van der Waals surface area contributed by atoms with Crippen molar-refractivity contribution in [2.75, 3.05) is 0 Å². The van der Waals surface area contributed by atoms with E-state index in [-0.39, 0.29) is 12.2 Å². The molecule has 2 amide bonds. The van der Waals surface area contributed by atoms with Crippen LogP contribution in [-0.2, 0) is 14.3 Å². The average Bonchev–Trinajstić information content (AvgIpc) is 2.27. The molecular weight excluding hydrogens is 246 g/mol. The number of nitriles is 2. The minimum Gasteiger partial charge on any atom is -0.376 e. The van der Waals surface area contributed by atoms with Gasteiger partial charge in [0.1, 0.15) is 11.8 Å². The molecule has 0 aromatic rings. The molecule has 19 heavy (non-hydrogen) atoms. The van der Waals surface area contributed by atoms with Crippen molar-refractivity contribution in [1.82, 2.24) is 5.32 Å². The van der Waals surface area contributed by atoms with E-state index in [0.717, 1.165) is 0 Å². The van der Waals surface area contributed by atoms with Gasteiger partial charge in [-0.1, -0.05) is 0 Å². The van der Waals surface area contributed by atoms with Gasteiger partial charge in [0.05, 0.1) is 24.3 Å². The zero-order chi connectivity index (χ0) is 14.2. The summed E-state index contributed by atoms with van der Waals surface area (Å²) < 4.78 is 5.61. The van der Waals surface area contributed by atoms with Gasteiger partial charge in [-0.2, -0.15) is 10.5 Å². The Hall–Kier alpha value is -1.92. The fourth-order valence-corrected chi connectivity index (χ4v) is 3.45. The van der Waals surface area contributed by atoms with Crippen molar-refractivity contribution in [2.24, 2.45) is 17.3 Å². The smallest absolute Gasteiger partial charge is 0.244 e. The highest BCUT2D eigenvalue weighted by molar-refractivity contribution is 6.03. The third-order valence-electron chi connectivity index (χ3n) is 3.98. The van der Waals surface area contributed by atoms with E-state index in [2.05, 4.69) is 5.32 Å². The van der Waals surface area contributed by atoms with Gasteiger partial charge in [-0.3, -0.25) is 14.9 Å². The minimum atomic E-state index is -0.983. The predicted octanol–water partition coefficient (Wildman–Crippen LogP) is 0.496. The molecular formula is C13H15N3O3. The first-order valence-electron chi connectivity index (χ1n) is 6.24. The molecule has 0 aromatic heterocycles. The number of piperidine rings is 1. The van der Waals surface area contributed by atoms with Crippen LogP contribution in [0, 0.1) is 39.9 Å². The second-order valence-corrected chi connectivity index (χ2v) is 5.38. The molecule has 0 radical (unpaired) electrons. The van der Waals surface area contributed by atoms with Crippen LogP contribution in [0.3, 0.4) is 0 Å². The van der Waals surface area contributed by atoms with E-state index in [1.165, 1.54) is 0 Å². The van der Waals surface area contributed by atoms with Crippen molar-refractivity contribution in [3.8, 4) is 12.1 Å². The number of carbonyl (C=O) groups excluding carboxylic acids is 2. The molecule has 2 saturated heterocycles.